The minimum absolute atomic E-state index is 0.0361. The number of amides is 1. The fourth-order valence-corrected chi connectivity index (χ4v) is 2.92. The van der Waals surface area contributed by atoms with E-state index in [9.17, 15) is 13.2 Å². The van der Waals surface area contributed by atoms with Crippen molar-refractivity contribution in [3.05, 3.63) is 24.3 Å². The van der Waals surface area contributed by atoms with Crippen LogP contribution in [-0.2, 0) is 14.6 Å². The van der Waals surface area contributed by atoms with Crippen LogP contribution in [0.5, 0.6) is 0 Å². The Kier molecular flexibility index (Phi) is 4.32. The SMILES string of the molecule is CCS(=O)(=O)c1ccccc1NC(C)C(=O)NC1CC1. The van der Waals surface area contributed by atoms with Crippen molar-refractivity contribution in [3.8, 4) is 0 Å². The van der Waals surface area contributed by atoms with Gasteiger partial charge in [0.2, 0.25) is 5.91 Å². The minimum Gasteiger partial charge on any atom is -0.373 e. The molecule has 1 fully saturated rings. The van der Waals surface area contributed by atoms with Crippen molar-refractivity contribution in [1.29, 1.82) is 0 Å². The molecule has 20 heavy (non-hydrogen) atoms. The first-order valence-corrected chi connectivity index (χ1v) is 8.48. The summed E-state index contributed by atoms with van der Waals surface area (Å²) in [7, 11) is -3.31. The van der Waals surface area contributed by atoms with Crippen molar-refractivity contribution in [2.75, 3.05) is 11.1 Å². The fraction of sp³-hybridized carbons (Fsp3) is 0.500. The molecule has 0 heterocycles. The van der Waals surface area contributed by atoms with Crippen molar-refractivity contribution in [3.63, 3.8) is 0 Å². The number of sulfone groups is 1. The molecule has 6 heteroatoms. The molecule has 1 unspecified atom stereocenters. The summed E-state index contributed by atoms with van der Waals surface area (Å²) < 4.78 is 24.0. The van der Waals surface area contributed by atoms with E-state index < -0.39 is 15.9 Å². The van der Waals surface area contributed by atoms with Gasteiger partial charge >= 0.3 is 0 Å². The average molecular weight is 296 g/mol. The number of rotatable bonds is 6. The lowest BCUT2D eigenvalue weighted by Gasteiger charge is -2.17. The predicted molar refractivity (Wildman–Crippen MR) is 78.4 cm³/mol. The second kappa shape index (κ2) is 5.83. The van der Waals surface area contributed by atoms with Gasteiger partial charge in [0, 0.05) is 6.04 Å². The molecule has 0 saturated heterocycles. The average Bonchev–Trinajstić information content (AvgIpc) is 3.23. The lowest BCUT2D eigenvalue weighted by molar-refractivity contribution is -0.121. The highest BCUT2D eigenvalue weighted by atomic mass is 32.2. The second-order valence-electron chi connectivity index (χ2n) is 5.05. The summed E-state index contributed by atoms with van der Waals surface area (Å²) in [6, 6.07) is 6.51. The van der Waals surface area contributed by atoms with Crippen LogP contribution in [0.2, 0.25) is 0 Å². The summed E-state index contributed by atoms with van der Waals surface area (Å²) in [6.07, 6.45) is 2.05. The quantitative estimate of drug-likeness (QED) is 0.835. The summed E-state index contributed by atoms with van der Waals surface area (Å²) in [5.41, 5.74) is 0.479. The van der Waals surface area contributed by atoms with Crippen molar-refractivity contribution in [2.24, 2.45) is 0 Å². The number of benzene rings is 1. The van der Waals surface area contributed by atoms with Crippen LogP contribution in [0.15, 0.2) is 29.2 Å². The van der Waals surface area contributed by atoms with Crippen molar-refractivity contribution >= 4 is 21.4 Å². The zero-order valence-electron chi connectivity index (χ0n) is 11.7. The molecule has 0 aliphatic heterocycles. The molecule has 1 amide bonds. The van der Waals surface area contributed by atoms with Gasteiger partial charge in [-0.3, -0.25) is 4.79 Å². The summed E-state index contributed by atoms with van der Waals surface area (Å²) in [5, 5.41) is 5.89. The standard InChI is InChI=1S/C14H20N2O3S/c1-3-20(18,19)13-7-5-4-6-12(13)15-10(2)14(17)16-11-8-9-11/h4-7,10-11,15H,3,8-9H2,1-2H3,(H,16,17). The van der Waals surface area contributed by atoms with Gasteiger partial charge in [-0.1, -0.05) is 19.1 Å². The zero-order chi connectivity index (χ0) is 14.8. The molecule has 1 atom stereocenters. The molecular formula is C14H20N2O3S. The van der Waals surface area contributed by atoms with Crippen LogP contribution in [-0.4, -0.2) is 32.2 Å². The lowest BCUT2D eigenvalue weighted by atomic mass is 10.2. The predicted octanol–water partition coefficient (Wildman–Crippen LogP) is 1.56. The first-order valence-electron chi connectivity index (χ1n) is 6.82. The Hall–Kier alpha value is -1.56. The molecule has 2 N–H and O–H groups in total. The van der Waals surface area contributed by atoms with Gasteiger partial charge in [-0.05, 0) is 31.9 Å². The summed E-state index contributed by atoms with van der Waals surface area (Å²) in [4.78, 5) is 12.1. The molecule has 1 aliphatic carbocycles. The molecule has 1 saturated carbocycles. The van der Waals surface area contributed by atoms with E-state index in [1.807, 2.05) is 0 Å². The highest BCUT2D eigenvalue weighted by molar-refractivity contribution is 7.91. The number of carbonyl (C=O) groups is 1. The number of nitrogens with one attached hydrogen (secondary N) is 2. The smallest absolute Gasteiger partial charge is 0.242 e. The van der Waals surface area contributed by atoms with E-state index >= 15 is 0 Å². The second-order valence-corrected chi connectivity index (χ2v) is 7.30. The van der Waals surface area contributed by atoms with E-state index in [1.165, 1.54) is 0 Å². The van der Waals surface area contributed by atoms with Gasteiger partial charge in [-0.2, -0.15) is 0 Å². The normalized spacial score (nSPS) is 16.5. The van der Waals surface area contributed by atoms with Gasteiger partial charge in [0.15, 0.2) is 9.84 Å². The van der Waals surface area contributed by atoms with Crippen LogP contribution >= 0.6 is 0 Å². The van der Waals surface area contributed by atoms with Crippen LogP contribution in [0, 0.1) is 0 Å². The molecule has 1 aromatic rings. The molecule has 0 radical (unpaired) electrons. The molecule has 0 bridgehead atoms. The highest BCUT2D eigenvalue weighted by Crippen LogP contribution is 2.23. The van der Waals surface area contributed by atoms with Gasteiger partial charge in [0.1, 0.15) is 6.04 Å². The maximum absolute atomic E-state index is 12.0. The molecule has 0 spiro atoms. The number of para-hydroxylation sites is 1. The van der Waals surface area contributed by atoms with E-state index in [2.05, 4.69) is 10.6 Å². The van der Waals surface area contributed by atoms with Gasteiger partial charge in [0.25, 0.3) is 0 Å². The van der Waals surface area contributed by atoms with Crippen LogP contribution in [0.4, 0.5) is 5.69 Å². The van der Waals surface area contributed by atoms with Crippen LogP contribution in [0.25, 0.3) is 0 Å². The van der Waals surface area contributed by atoms with E-state index in [4.69, 9.17) is 0 Å². The Morgan fingerprint density at radius 1 is 1.35 bits per heavy atom. The third-order valence-corrected chi connectivity index (χ3v) is 5.08. The maximum atomic E-state index is 12.0. The Morgan fingerprint density at radius 2 is 2.00 bits per heavy atom. The van der Waals surface area contributed by atoms with E-state index in [-0.39, 0.29) is 16.6 Å². The molecule has 1 aromatic carbocycles. The minimum atomic E-state index is -3.31. The summed E-state index contributed by atoms with van der Waals surface area (Å²) >= 11 is 0. The van der Waals surface area contributed by atoms with Crippen molar-refractivity contribution in [2.45, 2.75) is 43.7 Å². The van der Waals surface area contributed by atoms with Crippen molar-refractivity contribution in [1.82, 2.24) is 5.32 Å². The van der Waals surface area contributed by atoms with Gasteiger partial charge < -0.3 is 10.6 Å². The van der Waals surface area contributed by atoms with Crippen molar-refractivity contribution < 1.29 is 13.2 Å². The van der Waals surface area contributed by atoms with Crippen LogP contribution in [0.3, 0.4) is 0 Å². The number of hydrogen-bond donors (Lipinski definition) is 2. The van der Waals surface area contributed by atoms with Gasteiger partial charge in [0.05, 0.1) is 16.3 Å². The molecule has 5 nitrogen and oxygen atoms in total. The third-order valence-electron chi connectivity index (χ3n) is 3.29. The monoisotopic (exact) mass is 296 g/mol. The van der Waals surface area contributed by atoms with Crippen LogP contribution in [0.1, 0.15) is 26.7 Å². The largest absolute Gasteiger partial charge is 0.373 e. The topological polar surface area (TPSA) is 75.3 Å². The number of carbonyl (C=O) groups excluding carboxylic acids is 1. The third kappa shape index (κ3) is 3.50. The first kappa shape index (κ1) is 14.8. The summed E-state index contributed by atoms with van der Waals surface area (Å²) in [5.74, 6) is -0.0647. The lowest BCUT2D eigenvalue weighted by Crippen LogP contribution is -2.38. The zero-order valence-corrected chi connectivity index (χ0v) is 12.5. The Bertz CT molecular complexity index is 594. The highest BCUT2D eigenvalue weighted by Gasteiger charge is 2.26. The first-order chi connectivity index (χ1) is 9.44. The van der Waals surface area contributed by atoms with E-state index in [0.717, 1.165) is 12.8 Å². The number of anilines is 1. The Morgan fingerprint density at radius 3 is 2.60 bits per heavy atom. The van der Waals surface area contributed by atoms with Gasteiger partial charge in [-0.15, -0.1) is 0 Å². The van der Waals surface area contributed by atoms with Crippen LogP contribution < -0.4 is 10.6 Å². The molecule has 1 aliphatic rings. The van der Waals surface area contributed by atoms with E-state index in [1.54, 1.807) is 38.1 Å². The van der Waals surface area contributed by atoms with Gasteiger partial charge in [-0.25, -0.2) is 8.42 Å². The Labute approximate surface area is 119 Å². The molecule has 2 rings (SSSR count). The maximum Gasteiger partial charge on any atom is 0.242 e. The molecular weight excluding hydrogens is 276 g/mol. The van der Waals surface area contributed by atoms with E-state index in [0.29, 0.717) is 11.7 Å². The fourth-order valence-electron chi connectivity index (χ4n) is 1.87. The number of hydrogen-bond acceptors (Lipinski definition) is 4. The Balaban J connectivity index is 2.14. The molecule has 110 valence electrons. The molecule has 0 aromatic heterocycles. The summed E-state index contributed by atoms with van der Waals surface area (Å²) in [6.45, 7) is 3.34.